The number of rotatable bonds is 11. The van der Waals surface area contributed by atoms with Crippen LogP contribution in [0.3, 0.4) is 0 Å². The van der Waals surface area contributed by atoms with Crippen LogP contribution < -0.4 is 19.6 Å². The third-order valence-corrected chi connectivity index (χ3v) is 5.49. The van der Waals surface area contributed by atoms with Crippen molar-refractivity contribution in [3.63, 3.8) is 0 Å². The fraction of sp³-hybridized carbons (Fsp3) is 0.0870. The van der Waals surface area contributed by atoms with Gasteiger partial charge >= 0.3 is 11.7 Å². The maximum atomic E-state index is 12.3. The molecular weight excluding hydrogens is 602 g/mol. The Morgan fingerprint density at radius 2 is 1.60 bits per heavy atom. The number of ether oxygens (including phenoxy) is 3. The van der Waals surface area contributed by atoms with Gasteiger partial charge in [-0.2, -0.15) is 5.10 Å². The van der Waals surface area contributed by atoms with E-state index in [2.05, 4.69) is 26.5 Å². The highest BCUT2D eigenvalue weighted by atomic mass is 79.9. The Morgan fingerprint density at radius 1 is 0.925 bits per heavy atom. The van der Waals surface area contributed by atoms with E-state index < -0.39 is 50.4 Å². The number of nitrogens with one attached hydrogen (secondary N) is 1. The molecule has 3 aromatic carbocycles. The topological polar surface area (TPSA) is 216 Å². The third kappa shape index (κ3) is 7.32. The zero-order chi connectivity index (χ0) is 29.4. The molecule has 0 spiro atoms. The predicted octanol–water partition coefficient (Wildman–Crippen LogP) is 3.93. The minimum absolute atomic E-state index is 0.102. The van der Waals surface area contributed by atoms with Crippen LogP contribution in [-0.2, 0) is 4.79 Å². The minimum atomic E-state index is -0.911. The molecule has 3 rings (SSSR count). The number of nitro benzene ring substituents is 3. The van der Waals surface area contributed by atoms with Crippen molar-refractivity contribution in [2.75, 3.05) is 13.7 Å². The fourth-order valence-corrected chi connectivity index (χ4v) is 3.50. The van der Waals surface area contributed by atoms with Gasteiger partial charge in [0, 0.05) is 12.1 Å². The van der Waals surface area contributed by atoms with E-state index in [9.17, 15) is 39.9 Å². The molecule has 1 N–H and O–H groups in total. The summed E-state index contributed by atoms with van der Waals surface area (Å²) >= 11 is 3.25. The summed E-state index contributed by atoms with van der Waals surface area (Å²) in [4.78, 5) is 55.2. The molecule has 0 unspecified atom stereocenters. The normalized spacial score (nSPS) is 10.6. The first kappa shape index (κ1) is 29.1. The highest BCUT2D eigenvalue weighted by molar-refractivity contribution is 9.10. The Hall–Kier alpha value is -5.45. The molecule has 0 aliphatic carbocycles. The molecule has 0 aromatic heterocycles. The first-order valence-corrected chi connectivity index (χ1v) is 11.5. The summed E-state index contributed by atoms with van der Waals surface area (Å²) in [6.45, 7) is -0.729. The monoisotopic (exact) mass is 617 g/mol. The first-order valence-electron chi connectivity index (χ1n) is 10.7. The van der Waals surface area contributed by atoms with Crippen LogP contribution in [0.4, 0.5) is 17.1 Å². The standard InChI is InChI=1S/C23H16BrN5O11/c1-38-20-10-16(28(34)35)9-18(29(36)37)22(20)39-12-21(30)26-25-11-13-2-7-19(17(24)8-13)40-23(31)14-3-5-15(6-4-14)27(32)33/h2-11H,12H2,1H3,(H,26,30)/b25-11-. The summed E-state index contributed by atoms with van der Waals surface area (Å²) in [6.07, 6.45) is 1.25. The molecular formula is C23H16BrN5O11. The van der Waals surface area contributed by atoms with Gasteiger partial charge in [-0.05, 0) is 51.8 Å². The van der Waals surface area contributed by atoms with E-state index in [0.717, 1.165) is 13.2 Å². The van der Waals surface area contributed by atoms with E-state index in [1.54, 1.807) is 0 Å². The van der Waals surface area contributed by atoms with E-state index in [1.807, 2.05) is 0 Å². The van der Waals surface area contributed by atoms with Gasteiger partial charge in [0.15, 0.2) is 12.4 Å². The van der Waals surface area contributed by atoms with Crippen LogP contribution in [0.5, 0.6) is 17.2 Å². The van der Waals surface area contributed by atoms with Crippen molar-refractivity contribution in [3.8, 4) is 17.2 Å². The second-order valence-electron chi connectivity index (χ2n) is 7.48. The molecule has 206 valence electrons. The van der Waals surface area contributed by atoms with E-state index >= 15 is 0 Å². The first-order chi connectivity index (χ1) is 19.0. The summed E-state index contributed by atoms with van der Waals surface area (Å²) in [5.74, 6) is -2.18. The van der Waals surface area contributed by atoms with Crippen LogP contribution in [0.15, 0.2) is 64.2 Å². The van der Waals surface area contributed by atoms with E-state index in [-0.39, 0.29) is 22.7 Å². The van der Waals surface area contributed by atoms with Crippen LogP contribution in [0.25, 0.3) is 0 Å². The molecule has 0 aliphatic heterocycles. The summed E-state index contributed by atoms with van der Waals surface area (Å²) in [7, 11) is 1.13. The number of hydrogen-bond donors (Lipinski definition) is 1. The van der Waals surface area contributed by atoms with Gasteiger partial charge in [-0.25, -0.2) is 10.2 Å². The Labute approximate surface area is 231 Å². The number of carbonyl (C=O) groups is 2. The number of hydrogen-bond acceptors (Lipinski definition) is 12. The molecule has 0 saturated heterocycles. The van der Waals surface area contributed by atoms with Gasteiger partial charge in [0.1, 0.15) is 5.75 Å². The molecule has 0 bridgehead atoms. The molecule has 0 heterocycles. The third-order valence-electron chi connectivity index (χ3n) is 4.87. The zero-order valence-corrected chi connectivity index (χ0v) is 21.7. The quantitative estimate of drug-likeness (QED) is 0.107. The lowest BCUT2D eigenvalue weighted by Crippen LogP contribution is -2.25. The van der Waals surface area contributed by atoms with Crippen molar-refractivity contribution in [3.05, 3.63) is 101 Å². The number of carbonyl (C=O) groups excluding carboxylic acids is 2. The number of hydrazone groups is 1. The van der Waals surface area contributed by atoms with Crippen LogP contribution >= 0.6 is 15.9 Å². The lowest BCUT2D eigenvalue weighted by molar-refractivity contribution is -0.394. The molecule has 17 heteroatoms. The van der Waals surface area contributed by atoms with Gasteiger partial charge in [-0.3, -0.25) is 35.1 Å². The van der Waals surface area contributed by atoms with Crippen molar-refractivity contribution < 1.29 is 38.6 Å². The fourth-order valence-electron chi connectivity index (χ4n) is 3.02. The number of methoxy groups -OCH3 is 1. The zero-order valence-electron chi connectivity index (χ0n) is 20.1. The number of halogens is 1. The van der Waals surface area contributed by atoms with Crippen molar-refractivity contribution in [2.24, 2.45) is 5.10 Å². The molecule has 0 fully saturated rings. The van der Waals surface area contributed by atoms with E-state index in [4.69, 9.17) is 14.2 Å². The summed E-state index contributed by atoms with van der Waals surface area (Å²) < 4.78 is 15.8. The van der Waals surface area contributed by atoms with Gasteiger partial charge in [0.25, 0.3) is 17.3 Å². The number of non-ortho nitro benzene ring substituents is 2. The highest BCUT2D eigenvalue weighted by Gasteiger charge is 2.27. The van der Waals surface area contributed by atoms with Crippen molar-refractivity contribution in [2.45, 2.75) is 0 Å². The smallest absolute Gasteiger partial charge is 0.343 e. The van der Waals surface area contributed by atoms with Gasteiger partial charge in [-0.1, -0.05) is 0 Å². The maximum absolute atomic E-state index is 12.3. The number of amides is 1. The molecule has 1 amide bonds. The van der Waals surface area contributed by atoms with Crippen molar-refractivity contribution in [1.82, 2.24) is 5.43 Å². The number of esters is 1. The van der Waals surface area contributed by atoms with Crippen LogP contribution in [0.2, 0.25) is 0 Å². The summed E-state index contributed by atoms with van der Waals surface area (Å²) in [5.41, 5.74) is 1.20. The summed E-state index contributed by atoms with van der Waals surface area (Å²) in [6, 6.07) is 11.0. The largest absolute Gasteiger partial charge is 0.492 e. The van der Waals surface area contributed by atoms with Gasteiger partial charge in [-0.15, -0.1) is 0 Å². The Balaban J connectivity index is 1.60. The second kappa shape index (κ2) is 12.9. The van der Waals surface area contributed by atoms with Crippen LogP contribution in [-0.4, -0.2) is 46.6 Å². The second-order valence-corrected chi connectivity index (χ2v) is 8.33. The SMILES string of the molecule is COc1cc([N+](=O)[O-])cc([N+](=O)[O-])c1OCC(=O)N/N=C\c1ccc(OC(=O)c2ccc([N+](=O)[O-])cc2)c(Br)c1. The Morgan fingerprint density at radius 3 is 2.17 bits per heavy atom. The molecule has 0 saturated carbocycles. The van der Waals surface area contributed by atoms with Gasteiger partial charge < -0.3 is 14.2 Å². The molecule has 0 radical (unpaired) electrons. The average molecular weight is 618 g/mol. The van der Waals surface area contributed by atoms with Gasteiger partial charge in [0.2, 0.25) is 5.75 Å². The molecule has 16 nitrogen and oxygen atoms in total. The highest BCUT2D eigenvalue weighted by Crippen LogP contribution is 2.40. The number of nitrogens with zero attached hydrogens (tertiary/aromatic N) is 4. The number of benzene rings is 3. The van der Waals surface area contributed by atoms with Gasteiger partial charge in [0.05, 0.1) is 50.3 Å². The van der Waals surface area contributed by atoms with Crippen LogP contribution in [0, 0.1) is 30.3 Å². The van der Waals surface area contributed by atoms with E-state index in [1.165, 1.54) is 48.7 Å². The predicted molar refractivity (Wildman–Crippen MR) is 140 cm³/mol. The Bertz CT molecular complexity index is 1530. The molecule has 0 atom stereocenters. The minimum Gasteiger partial charge on any atom is -0.492 e. The lowest BCUT2D eigenvalue weighted by Gasteiger charge is -2.10. The van der Waals surface area contributed by atoms with Crippen molar-refractivity contribution in [1.29, 1.82) is 0 Å². The number of nitro groups is 3. The molecule has 40 heavy (non-hydrogen) atoms. The summed E-state index contributed by atoms with van der Waals surface area (Å²) in [5, 5.41) is 36.8. The molecule has 3 aromatic rings. The average Bonchev–Trinajstić information content (AvgIpc) is 2.92. The van der Waals surface area contributed by atoms with Crippen molar-refractivity contribution >= 4 is 51.1 Å². The van der Waals surface area contributed by atoms with E-state index in [0.29, 0.717) is 16.1 Å². The molecule has 0 aliphatic rings. The Kier molecular flexibility index (Phi) is 9.37. The van der Waals surface area contributed by atoms with Crippen LogP contribution in [0.1, 0.15) is 15.9 Å². The lowest BCUT2D eigenvalue weighted by atomic mass is 10.2. The maximum Gasteiger partial charge on any atom is 0.343 e.